The van der Waals surface area contributed by atoms with Crippen LogP contribution in [0.5, 0.6) is 11.5 Å². The molecule has 1 heterocycles. The van der Waals surface area contributed by atoms with E-state index in [1.54, 1.807) is 17.8 Å². The highest BCUT2D eigenvalue weighted by atomic mass is 32.2. The molecule has 9 heteroatoms. The average Bonchev–Trinajstić information content (AvgIpc) is 3.30. The van der Waals surface area contributed by atoms with Crippen LogP contribution in [0, 0.1) is 0 Å². The van der Waals surface area contributed by atoms with Crippen molar-refractivity contribution in [3.8, 4) is 11.5 Å². The summed E-state index contributed by atoms with van der Waals surface area (Å²) in [4.78, 5) is 17.6. The number of methoxy groups -OCH3 is 1. The quantitative estimate of drug-likeness (QED) is 0.287. The lowest BCUT2D eigenvalue weighted by Crippen LogP contribution is -2.34. The first-order valence-electron chi connectivity index (χ1n) is 11.0. The Balaban J connectivity index is 1.32. The van der Waals surface area contributed by atoms with Crippen LogP contribution in [0.2, 0.25) is 0 Å². The lowest BCUT2D eigenvalue weighted by Gasteiger charge is -2.11. The van der Waals surface area contributed by atoms with Crippen molar-refractivity contribution in [2.24, 2.45) is 0 Å². The van der Waals surface area contributed by atoms with Crippen molar-refractivity contribution < 1.29 is 22.7 Å². The molecule has 0 saturated heterocycles. The van der Waals surface area contributed by atoms with Crippen LogP contribution in [-0.4, -0.2) is 33.0 Å². The van der Waals surface area contributed by atoms with Crippen LogP contribution in [0.25, 0.3) is 21.7 Å². The topological polar surface area (TPSA) is 97.5 Å². The highest BCUT2D eigenvalue weighted by molar-refractivity contribution is 7.99. The highest BCUT2D eigenvalue weighted by Gasteiger charge is 2.19. The molecular weight excluding hydrogens is 496 g/mol. The molecule has 5 rings (SSSR count). The Hall–Kier alpha value is -3.95. The molecule has 0 aliphatic rings. The van der Waals surface area contributed by atoms with E-state index in [1.165, 1.54) is 36.8 Å². The fourth-order valence-electron chi connectivity index (χ4n) is 3.82. The number of aromatic amines is 1. The second kappa shape index (κ2) is 9.96. The summed E-state index contributed by atoms with van der Waals surface area (Å²) in [7, 11) is -2.55. The number of H-pyrrole nitrogens is 1. The van der Waals surface area contributed by atoms with E-state index in [0.717, 1.165) is 26.1 Å². The van der Waals surface area contributed by atoms with Crippen LogP contribution < -0.4 is 14.2 Å². The molecule has 0 bridgehead atoms. The molecule has 0 unspecified atom stereocenters. The molecule has 4 aromatic carbocycles. The predicted molar refractivity (Wildman–Crippen MR) is 140 cm³/mol. The number of carbonyl (C=O) groups excluding carboxylic acids is 1. The summed E-state index contributed by atoms with van der Waals surface area (Å²) in [5, 5.41) is 3.13. The largest absolute Gasteiger partial charge is 0.497 e. The van der Waals surface area contributed by atoms with Gasteiger partial charge in [-0.15, -0.1) is 0 Å². The van der Waals surface area contributed by atoms with E-state index in [1.807, 2.05) is 35.2 Å². The maximum Gasteiger partial charge on any atom is 0.271 e. The van der Waals surface area contributed by atoms with E-state index in [2.05, 4.69) is 35.3 Å². The molecule has 0 aliphatic heterocycles. The monoisotopic (exact) mass is 518 g/mol. The van der Waals surface area contributed by atoms with Gasteiger partial charge in [0.1, 0.15) is 11.5 Å². The maximum absolute atomic E-state index is 12.5. The normalized spacial score (nSPS) is 11.5. The molecule has 0 atom stereocenters. The van der Waals surface area contributed by atoms with Gasteiger partial charge in [-0.05, 0) is 59.3 Å². The summed E-state index contributed by atoms with van der Waals surface area (Å²) in [6.07, 6.45) is 1.89. The van der Waals surface area contributed by atoms with Crippen molar-refractivity contribution in [3.05, 3.63) is 91.1 Å². The molecule has 0 saturated carbocycles. The first kappa shape index (κ1) is 23.8. The Morgan fingerprint density at radius 1 is 0.944 bits per heavy atom. The van der Waals surface area contributed by atoms with Gasteiger partial charge in [0.05, 0.1) is 22.9 Å². The van der Waals surface area contributed by atoms with Gasteiger partial charge in [-0.3, -0.25) is 4.79 Å². The smallest absolute Gasteiger partial charge is 0.271 e. The van der Waals surface area contributed by atoms with Gasteiger partial charge in [0.15, 0.2) is 6.61 Å². The van der Waals surface area contributed by atoms with Gasteiger partial charge in [-0.1, -0.05) is 48.2 Å². The summed E-state index contributed by atoms with van der Waals surface area (Å²) in [6.45, 7) is -0.459. The third-order valence-corrected chi connectivity index (χ3v) is 7.98. The van der Waals surface area contributed by atoms with E-state index in [4.69, 9.17) is 9.47 Å². The van der Waals surface area contributed by atoms with E-state index < -0.39 is 22.5 Å². The fraction of sp³-hybridized carbons (Fsp3) is 0.0741. The number of nitrogens with one attached hydrogen (secondary N) is 2. The van der Waals surface area contributed by atoms with Crippen LogP contribution >= 0.6 is 11.8 Å². The van der Waals surface area contributed by atoms with Crippen molar-refractivity contribution in [2.45, 2.75) is 14.7 Å². The van der Waals surface area contributed by atoms with Crippen LogP contribution in [0.3, 0.4) is 0 Å². The molecule has 5 aromatic rings. The minimum Gasteiger partial charge on any atom is -0.497 e. The average molecular weight is 519 g/mol. The molecule has 1 amide bonds. The summed E-state index contributed by atoms with van der Waals surface area (Å²) < 4.78 is 37.9. The van der Waals surface area contributed by atoms with E-state index in [-0.39, 0.29) is 4.90 Å². The van der Waals surface area contributed by atoms with Gasteiger partial charge in [0.25, 0.3) is 15.9 Å². The summed E-state index contributed by atoms with van der Waals surface area (Å²) in [6, 6.07) is 25.7. The third-order valence-electron chi connectivity index (χ3n) is 5.56. The molecule has 1 aromatic heterocycles. The second-order valence-corrected chi connectivity index (χ2v) is 10.7. The van der Waals surface area contributed by atoms with E-state index in [0.29, 0.717) is 11.5 Å². The van der Waals surface area contributed by atoms with Gasteiger partial charge >= 0.3 is 0 Å². The Morgan fingerprint density at radius 3 is 2.50 bits per heavy atom. The number of benzene rings is 4. The second-order valence-electron chi connectivity index (χ2n) is 7.94. The minimum atomic E-state index is -4.03. The molecule has 0 aliphatic carbocycles. The summed E-state index contributed by atoms with van der Waals surface area (Å²) >= 11 is 1.58. The van der Waals surface area contributed by atoms with Gasteiger partial charge in [0, 0.05) is 16.0 Å². The van der Waals surface area contributed by atoms with Crippen LogP contribution in [0.15, 0.2) is 106 Å². The SMILES string of the molecule is COc1ccc(S(=O)(=O)NC(=O)COc2cccc3[nH]cc(Sc4ccc5ccccc5c4)c23)cc1. The zero-order valence-electron chi connectivity index (χ0n) is 19.2. The van der Waals surface area contributed by atoms with Crippen molar-refractivity contribution in [1.29, 1.82) is 0 Å². The molecule has 182 valence electrons. The lowest BCUT2D eigenvalue weighted by atomic mass is 10.1. The molecule has 0 spiro atoms. The molecule has 7 nitrogen and oxygen atoms in total. The zero-order valence-corrected chi connectivity index (χ0v) is 20.9. The van der Waals surface area contributed by atoms with Crippen molar-refractivity contribution >= 4 is 49.4 Å². The lowest BCUT2D eigenvalue weighted by molar-refractivity contribution is -0.121. The fourth-order valence-corrected chi connectivity index (χ4v) is 5.79. The first-order valence-corrected chi connectivity index (χ1v) is 13.3. The zero-order chi connectivity index (χ0) is 25.1. The summed E-state index contributed by atoms with van der Waals surface area (Å²) in [5.41, 5.74) is 0.849. The highest BCUT2D eigenvalue weighted by Crippen LogP contribution is 2.39. The molecular formula is C27H22N2O5S2. The maximum atomic E-state index is 12.5. The number of carbonyl (C=O) groups is 1. The Bertz CT molecular complexity index is 1660. The number of rotatable bonds is 8. The number of amides is 1. The number of ether oxygens (including phenoxy) is 2. The van der Waals surface area contributed by atoms with Gasteiger partial charge < -0.3 is 14.5 Å². The Labute approximate surface area is 212 Å². The number of sulfonamides is 1. The number of hydrogen-bond donors (Lipinski definition) is 2. The van der Waals surface area contributed by atoms with Crippen molar-refractivity contribution in [3.63, 3.8) is 0 Å². The number of hydrogen-bond acceptors (Lipinski definition) is 6. The predicted octanol–water partition coefficient (Wildman–Crippen LogP) is 5.36. The number of fused-ring (bicyclic) bond motifs is 2. The third kappa shape index (κ3) is 5.02. The Morgan fingerprint density at radius 2 is 1.72 bits per heavy atom. The van der Waals surface area contributed by atoms with Crippen molar-refractivity contribution in [2.75, 3.05) is 13.7 Å². The molecule has 0 radical (unpaired) electrons. The standard InChI is InChI=1S/C27H22N2O5S2/c1-33-20-10-13-22(14-11-20)36(31,32)29-26(30)17-34-24-8-4-7-23-27(24)25(16-28-23)35-21-12-9-18-5-2-3-6-19(18)15-21/h2-16,28H,17H2,1H3,(H,29,30). The molecule has 36 heavy (non-hydrogen) atoms. The first-order chi connectivity index (χ1) is 17.4. The van der Waals surface area contributed by atoms with Crippen molar-refractivity contribution in [1.82, 2.24) is 9.71 Å². The minimum absolute atomic E-state index is 0.0431. The van der Waals surface area contributed by atoms with Crippen LogP contribution in [-0.2, 0) is 14.8 Å². The van der Waals surface area contributed by atoms with Crippen LogP contribution in [0.4, 0.5) is 0 Å². The Kier molecular flexibility index (Phi) is 6.58. The van der Waals surface area contributed by atoms with E-state index >= 15 is 0 Å². The van der Waals surface area contributed by atoms with Gasteiger partial charge in [-0.2, -0.15) is 0 Å². The van der Waals surface area contributed by atoms with Crippen LogP contribution in [0.1, 0.15) is 0 Å². The van der Waals surface area contributed by atoms with E-state index in [9.17, 15) is 13.2 Å². The van der Waals surface area contributed by atoms with Gasteiger partial charge in [0.2, 0.25) is 0 Å². The number of aromatic nitrogens is 1. The molecule has 0 fully saturated rings. The van der Waals surface area contributed by atoms with Gasteiger partial charge in [-0.25, -0.2) is 13.1 Å². The molecule has 2 N–H and O–H groups in total. The summed E-state index contributed by atoms with van der Waals surface area (Å²) in [5.74, 6) is 0.219.